The molecule has 21 heavy (non-hydrogen) atoms. The van der Waals surface area contributed by atoms with Gasteiger partial charge in [0.1, 0.15) is 24.0 Å². The van der Waals surface area contributed by atoms with E-state index in [0.717, 1.165) is 18.2 Å². The van der Waals surface area contributed by atoms with E-state index in [1.807, 2.05) is 0 Å². The van der Waals surface area contributed by atoms with Gasteiger partial charge in [-0.15, -0.1) is 11.6 Å². The summed E-state index contributed by atoms with van der Waals surface area (Å²) in [6.07, 6.45) is 0. The van der Waals surface area contributed by atoms with Crippen LogP contribution in [0, 0.1) is 21.7 Å². The molecule has 2 rings (SSSR count). The minimum absolute atomic E-state index is 0.0261. The highest BCUT2D eigenvalue weighted by Crippen LogP contribution is 2.25. The van der Waals surface area contributed by atoms with Gasteiger partial charge in [0.25, 0.3) is 5.69 Å². The number of ether oxygens (including phenoxy) is 1. The summed E-state index contributed by atoms with van der Waals surface area (Å²) in [7, 11) is 0. The van der Waals surface area contributed by atoms with Crippen molar-refractivity contribution in [3.8, 4) is 5.75 Å². The maximum atomic E-state index is 13.2. The first-order valence-electron chi connectivity index (χ1n) is 5.91. The molecular formula is C14H10ClF2NO3. The smallest absolute Gasteiger partial charge is 0.276 e. The van der Waals surface area contributed by atoms with E-state index in [9.17, 15) is 18.9 Å². The van der Waals surface area contributed by atoms with Crippen molar-refractivity contribution in [3.05, 3.63) is 69.3 Å². The van der Waals surface area contributed by atoms with Crippen LogP contribution in [0.2, 0.25) is 0 Å². The van der Waals surface area contributed by atoms with E-state index in [0.29, 0.717) is 11.3 Å². The first-order chi connectivity index (χ1) is 10.0. The second kappa shape index (κ2) is 6.49. The minimum Gasteiger partial charge on any atom is -0.488 e. The Bertz CT molecular complexity index is 679. The van der Waals surface area contributed by atoms with Crippen LogP contribution in [0.15, 0.2) is 36.4 Å². The van der Waals surface area contributed by atoms with Crippen LogP contribution in [0.1, 0.15) is 11.1 Å². The standard InChI is InChI=1S/C14H10ClF2NO3/c15-7-9-5-12(17)2-4-14(9)21-8-10-6-11(16)1-3-13(10)18(19)20/h1-6H,7-8H2. The number of nitrogens with zero attached hydrogens (tertiary/aromatic N) is 1. The lowest BCUT2D eigenvalue weighted by Gasteiger charge is -2.10. The Kier molecular flexibility index (Phi) is 4.70. The first kappa shape index (κ1) is 15.2. The van der Waals surface area contributed by atoms with Gasteiger partial charge in [-0.25, -0.2) is 8.78 Å². The van der Waals surface area contributed by atoms with E-state index in [4.69, 9.17) is 16.3 Å². The fourth-order valence-corrected chi connectivity index (χ4v) is 2.01. The number of rotatable bonds is 5. The number of hydrogen-bond acceptors (Lipinski definition) is 3. The van der Waals surface area contributed by atoms with Crippen molar-refractivity contribution in [1.29, 1.82) is 0 Å². The van der Waals surface area contributed by atoms with Crippen LogP contribution in [-0.2, 0) is 12.5 Å². The predicted molar refractivity (Wildman–Crippen MR) is 73.3 cm³/mol. The van der Waals surface area contributed by atoms with Crippen molar-refractivity contribution in [2.24, 2.45) is 0 Å². The number of halogens is 3. The monoisotopic (exact) mass is 313 g/mol. The molecule has 4 nitrogen and oxygen atoms in total. The van der Waals surface area contributed by atoms with Gasteiger partial charge >= 0.3 is 0 Å². The van der Waals surface area contributed by atoms with E-state index in [1.54, 1.807) is 0 Å². The van der Waals surface area contributed by atoms with Gasteiger partial charge in [-0.3, -0.25) is 10.1 Å². The predicted octanol–water partition coefficient (Wildman–Crippen LogP) is 4.19. The fraction of sp³-hybridized carbons (Fsp3) is 0.143. The van der Waals surface area contributed by atoms with Gasteiger partial charge in [0.15, 0.2) is 0 Å². The number of hydrogen-bond donors (Lipinski definition) is 0. The lowest BCUT2D eigenvalue weighted by atomic mass is 10.2. The van der Waals surface area contributed by atoms with Gasteiger partial charge in [0, 0.05) is 11.6 Å². The largest absolute Gasteiger partial charge is 0.488 e. The summed E-state index contributed by atoms with van der Waals surface area (Å²) in [4.78, 5) is 10.2. The van der Waals surface area contributed by atoms with Gasteiger partial charge in [-0.2, -0.15) is 0 Å². The molecular weight excluding hydrogens is 304 g/mol. The molecule has 0 aliphatic carbocycles. The van der Waals surface area contributed by atoms with Gasteiger partial charge in [-0.1, -0.05) is 0 Å². The second-order valence-electron chi connectivity index (χ2n) is 4.20. The molecule has 0 aromatic heterocycles. The summed E-state index contributed by atoms with van der Waals surface area (Å²) >= 11 is 5.68. The molecule has 0 aliphatic rings. The zero-order valence-electron chi connectivity index (χ0n) is 10.7. The summed E-state index contributed by atoms with van der Waals surface area (Å²) in [5, 5.41) is 10.9. The zero-order chi connectivity index (χ0) is 15.4. The van der Waals surface area contributed by atoms with Crippen LogP contribution in [-0.4, -0.2) is 4.92 Å². The molecule has 0 aliphatic heterocycles. The van der Waals surface area contributed by atoms with Crippen LogP contribution in [0.4, 0.5) is 14.5 Å². The molecule has 2 aromatic carbocycles. The molecule has 0 spiro atoms. The Hall–Kier alpha value is -2.21. The maximum Gasteiger partial charge on any atom is 0.276 e. The summed E-state index contributed by atoms with van der Waals surface area (Å²) in [5.74, 6) is -0.742. The van der Waals surface area contributed by atoms with Gasteiger partial charge < -0.3 is 4.74 Å². The highest BCUT2D eigenvalue weighted by Gasteiger charge is 2.15. The maximum absolute atomic E-state index is 13.2. The third kappa shape index (κ3) is 3.66. The summed E-state index contributed by atoms with van der Waals surface area (Å²) in [5.41, 5.74) is 0.256. The number of nitro benzene ring substituents is 1. The number of alkyl halides is 1. The molecule has 0 heterocycles. The summed E-state index contributed by atoms with van der Waals surface area (Å²) in [6, 6.07) is 6.87. The van der Waals surface area contributed by atoms with Crippen LogP contribution in [0.3, 0.4) is 0 Å². The molecule has 110 valence electrons. The normalized spacial score (nSPS) is 10.4. The summed E-state index contributed by atoms with van der Waals surface area (Å²) < 4.78 is 31.6. The van der Waals surface area contributed by atoms with E-state index in [1.165, 1.54) is 18.2 Å². The second-order valence-corrected chi connectivity index (χ2v) is 4.47. The van der Waals surface area contributed by atoms with Crippen LogP contribution < -0.4 is 4.74 Å². The van der Waals surface area contributed by atoms with Crippen molar-refractivity contribution in [3.63, 3.8) is 0 Å². The Morgan fingerprint density at radius 2 is 1.71 bits per heavy atom. The van der Waals surface area contributed by atoms with Gasteiger partial charge in [0.2, 0.25) is 0 Å². The van der Waals surface area contributed by atoms with Crippen LogP contribution >= 0.6 is 11.6 Å². The molecule has 0 atom stereocenters. The molecule has 2 aromatic rings. The molecule has 0 fully saturated rings. The topological polar surface area (TPSA) is 52.4 Å². The number of nitro groups is 1. The zero-order valence-corrected chi connectivity index (χ0v) is 11.4. The van der Waals surface area contributed by atoms with Crippen molar-refractivity contribution >= 4 is 17.3 Å². The van der Waals surface area contributed by atoms with E-state index < -0.39 is 16.6 Å². The molecule has 0 saturated heterocycles. The third-order valence-corrected chi connectivity index (χ3v) is 3.08. The Labute approximate surface area is 124 Å². The lowest BCUT2D eigenvalue weighted by Crippen LogP contribution is -2.02. The Morgan fingerprint density at radius 1 is 1.10 bits per heavy atom. The van der Waals surface area contributed by atoms with Crippen molar-refractivity contribution in [2.75, 3.05) is 0 Å². The van der Waals surface area contributed by atoms with E-state index in [-0.39, 0.29) is 23.7 Å². The molecule has 0 N–H and O–H groups in total. The van der Waals surface area contributed by atoms with E-state index in [2.05, 4.69) is 0 Å². The van der Waals surface area contributed by atoms with E-state index >= 15 is 0 Å². The first-order valence-corrected chi connectivity index (χ1v) is 6.44. The molecule has 0 amide bonds. The fourth-order valence-electron chi connectivity index (χ4n) is 1.80. The highest BCUT2D eigenvalue weighted by molar-refractivity contribution is 6.17. The molecule has 0 bridgehead atoms. The minimum atomic E-state index is -0.620. The average molecular weight is 314 g/mol. The molecule has 0 unspecified atom stereocenters. The molecule has 7 heteroatoms. The quantitative estimate of drug-likeness (QED) is 0.472. The Balaban J connectivity index is 2.24. The average Bonchev–Trinajstić information content (AvgIpc) is 2.45. The highest BCUT2D eigenvalue weighted by atomic mass is 35.5. The lowest BCUT2D eigenvalue weighted by molar-refractivity contribution is -0.385. The molecule has 0 radical (unpaired) electrons. The van der Waals surface area contributed by atoms with Gasteiger partial charge in [-0.05, 0) is 30.3 Å². The molecule has 0 saturated carbocycles. The van der Waals surface area contributed by atoms with Crippen LogP contribution in [0.25, 0.3) is 0 Å². The van der Waals surface area contributed by atoms with Crippen LogP contribution in [0.5, 0.6) is 5.75 Å². The third-order valence-electron chi connectivity index (χ3n) is 2.79. The van der Waals surface area contributed by atoms with Crippen molar-refractivity contribution < 1.29 is 18.4 Å². The van der Waals surface area contributed by atoms with Crippen molar-refractivity contribution in [2.45, 2.75) is 12.5 Å². The number of benzene rings is 2. The van der Waals surface area contributed by atoms with Gasteiger partial charge in [0.05, 0.1) is 16.4 Å². The summed E-state index contributed by atoms with van der Waals surface area (Å²) in [6.45, 7) is -0.219. The Morgan fingerprint density at radius 3 is 2.33 bits per heavy atom. The SMILES string of the molecule is O=[N+]([O-])c1ccc(F)cc1COc1ccc(F)cc1CCl. The van der Waals surface area contributed by atoms with Crippen molar-refractivity contribution in [1.82, 2.24) is 0 Å².